The molecule has 0 aliphatic carbocycles. The van der Waals surface area contributed by atoms with E-state index in [0.717, 1.165) is 12.1 Å². The summed E-state index contributed by atoms with van der Waals surface area (Å²) in [7, 11) is -1.60. The Kier molecular flexibility index (Phi) is 6.14. The van der Waals surface area contributed by atoms with Crippen LogP contribution < -0.4 is 5.32 Å². The molecule has 2 N–H and O–H groups in total. The number of carboxylic acid groups (broad SMARTS) is 1. The molecule has 0 aliphatic rings. The molecule has 0 fully saturated rings. The first kappa shape index (κ1) is 19.6. The van der Waals surface area contributed by atoms with Gasteiger partial charge in [0.1, 0.15) is 5.75 Å². The van der Waals surface area contributed by atoms with E-state index in [2.05, 4.69) is 5.32 Å². The lowest BCUT2D eigenvalue weighted by molar-refractivity contribution is -0.137. The Morgan fingerprint density at radius 3 is 2.31 bits per heavy atom. The molecule has 0 spiro atoms. The van der Waals surface area contributed by atoms with Crippen molar-refractivity contribution < 1.29 is 32.1 Å². The van der Waals surface area contributed by atoms with E-state index in [1.165, 1.54) is 36.4 Å². The molecule has 0 aliphatic heterocycles. The SMILES string of the molecule is O=C(CS(=O)Cc1ccc(C(=O)O)cc1)Nc1cccc(C(F)(F)F)c1. The summed E-state index contributed by atoms with van der Waals surface area (Å²) in [5.41, 5.74) is -0.260. The van der Waals surface area contributed by atoms with Crippen LogP contribution in [0.1, 0.15) is 21.5 Å². The maximum Gasteiger partial charge on any atom is 0.416 e. The fourth-order valence-electron chi connectivity index (χ4n) is 2.10. The zero-order valence-electron chi connectivity index (χ0n) is 13.2. The zero-order chi connectivity index (χ0) is 19.3. The summed E-state index contributed by atoms with van der Waals surface area (Å²) in [5, 5.41) is 11.1. The minimum Gasteiger partial charge on any atom is -0.478 e. The first-order valence-electron chi connectivity index (χ1n) is 7.29. The number of hydrogen-bond donors (Lipinski definition) is 2. The second-order valence-electron chi connectivity index (χ2n) is 5.36. The van der Waals surface area contributed by atoms with E-state index >= 15 is 0 Å². The second-order valence-corrected chi connectivity index (χ2v) is 6.81. The average molecular weight is 385 g/mol. The lowest BCUT2D eigenvalue weighted by atomic mass is 10.1. The van der Waals surface area contributed by atoms with Gasteiger partial charge < -0.3 is 10.4 Å². The highest BCUT2D eigenvalue weighted by atomic mass is 32.2. The third-order valence-corrected chi connectivity index (χ3v) is 4.53. The molecule has 0 radical (unpaired) electrons. The van der Waals surface area contributed by atoms with Crippen molar-refractivity contribution in [2.24, 2.45) is 0 Å². The Balaban J connectivity index is 1.93. The highest BCUT2D eigenvalue weighted by Gasteiger charge is 2.30. The summed E-state index contributed by atoms with van der Waals surface area (Å²) in [4.78, 5) is 22.6. The lowest BCUT2D eigenvalue weighted by Gasteiger charge is -2.10. The molecule has 138 valence electrons. The smallest absolute Gasteiger partial charge is 0.416 e. The van der Waals surface area contributed by atoms with Crippen molar-refractivity contribution >= 4 is 28.4 Å². The summed E-state index contributed by atoms with van der Waals surface area (Å²) in [6, 6.07) is 9.85. The van der Waals surface area contributed by atoms with Crippen molar-refractivity contribution in [3.8, 4) is 0 Å². The van der Waals surface area contributed by atoms with Gasteiger partial charge in [0.25, 0.3) is 0 Å². The number of anilines is 1. The molecule has 1 unspecified atom stereocenters. The first-order valence-corrected chi connectivity index (χ1v) is 8.78. The molecule has 0 aromatic heterocycles. The molecule has 0 bridgehead atoms. The molecule has 0 heterocycles. The van der Waals surface area contributed by atoms with E-state index in [4.69, 9.17) is 5.11 Å². The summed E-state index contributed by atoms with van der Waals surface area (Å²) in [6.07, 6.45) is -4.52. The molecule has 2 rings (SSSR count). The maximum atomic E-state index is 12.6. The normalized spacial score (nSPS) is 12.4. The second kappa shape index (κ2) is 8.13. The van der Waals surface area contributed by atoms with Crippen molar-refractivity contribution in [3.05, 3.63) is 65.2 Å². The number of carbonyl (C=O) groups excluding carboxylic acids is 1. The monoisotopic (exact) mass is 385 g/mol. The minimum atomic E-state index is -4.52. The van der Waals surface area contributed by atoms with Crippen LogP contribution in [0.2, 0.25) is 0 Å². The van der Waals surface area contributed by atoms with Gasteiger partial charge in [0, 0.05) is 22.2 Å². The van der Waals surface area contributed by atoms with Crippen molar-refractivity contribution in [2.45, 2.75) is 11.9 Å². The van der Waals surface area contributed by atoms with Crippen LogP contribution in [0, 0.1) is 0 Å². The molecule has 2 aromatic rings. The maximum absolute atomic E-state index is 12.6. The van der Waals surface area contributed by atoms with E-state index in [1.807, 2.05) is 0 Å². The van der Waals surface area contributed by atoms with Crippen LogP contribution in [-0.2, 0) is 27.5 Å². The van der Waals surface area contributed by atoms with Gasteiger partial charge in [-0.15, -0.1) is 0 Å². The molecule has 26 heavy (non-hydrogen) atoms. The van der Waals surface area contributed by atoms with Crippen molar-refractivity contribution in [1.29, 1.82) is 0 Å². The van der Waals surface area contributed by atoms with Crippen LogP contribution >= 0.6 is 0 Å². The summed E-state index contributed by atoms with van der Waals surface area (Å²) < 4.78 is 49.9. The van der Waals surface area contributed by atoms with Gasteiger partial charge in [-0.3, -0.25) is 9.00 Å². The van der Waals surface area contributed by atoms with Crippen LogP contribution in [0.5, 0.6) is 0 Å². The van der Waals surface area contributed by atoms with Gasteiger partial charge in [-0.1, -0.05) is 18.2 Å². The topological polar surface area (TPSA) is 83.5 Å². The van der Waals surface area contributed by atoms with Gasteiger partial charge in [-0.2, -0.15) is 13.2 Å². The number of alkyl halides is 3. The number of amides is 1. The van der Waals surface area contributed by atoms with Crippen LogP contribution in [0.15, 0.2) is 48.5 Å². The number of benzene rings is 2. The molecule has 9 heteroatoms. The number of rotatable bonds is 6. The summed E-state index contributed by atoms with van der Waals surface area (Å²) in [5.74, 6) is -2.13. The van der Waals surface area contributed by atoms with Gasteiger partial charge in [-0.25, -0.2) is 4.79 Å². The molecule has 0 saturated carbocycles. The molecule has 0 saturated heterocycles. The predicted octanol–water partition coefficient (Wildman–Crippen LogP) is 3.29. The van der Waals surface area contributed by atoms with Crippen LogP contribution in [-0.4, -0.2) is 26.9 Å². The van der Waals surface area contributed by atoms with Crippen molar-refractivity contribution in [1.82, 2.24) is 0 Å². The third-order valence-electron chi connectivity index (χ3n) is 3.29. The van der Waals surface area contributed by atoms with Crippen LogP contribution in [0.3, 0.4) is 0 Å². The number of hydrogen-bond acceptors (Lipinski definition) is 3. The number of aromatic carboxylic acids is 1. The van der Waals surface area contributed by atoms with Gasteiger partial charge in [0.2, 0.25) is 5.91 Å². The molecule has 1 atom stereocenters. The van der Waals surface area contributed by atoms with Gasteiger partial charge in [0.15, 0.2) is 0 Å². The molecule has 2 aromatic carbocycles. The molecular weight excluding hydrogens is 371 g/mol. The largest absolute Gasteiger partial charge is 0.478 e. The standard InChI is InChI=1S/C17H14F3NO4S/c18-17(19,20)13-2-1-3-14(8-13)21-15(22)10-26(25)9-11-4-6-12(7-5-11)16(23)24/h1-8H,9-10H2,(H,21,22)(H,23,24). The average Bonchev–Trinajstić information content (AvgIpc) is 2.54. The predicted molar refractivity (Wildman–Crippen MR) is 90.2 cm³/mol. The first-order chi connectivity index (χ1) is 12.1. The van der Waals surface area contributed by atoms with Crippen LogP contribution in [0.4, 0.5) is 18.9 Å². The number of halogens is 3. The Morgan fingerprint density at radius 1 is 1.08 bits per heavy atom. The Morgan fingerprint density at radius 2 is 1.73 bits per heavy atom. The van der Waals surface area contributed by atoms with Gasteiger partial charge in [0.05, 0.1) is 11.1 Å². The van der Waals surface area contributed by atoms with E-state index in [1.54, 1.807) is 0 Å². The van der Waals surface area contributed by atoms with Crippen LogP contribution in [0.25, 0.3) is 0 Å². The molecular formula is C17H14F3NO4S. The number of carbonyl (C=O) groups is 2. The zero-order valence-corrected chi connectivity index (χ0v) is 14.1. The van der Waals surface area contributed by atoms with Gasteiger partial charge >= 0.3 is 12.1 Å². The summed E-state index contributed by atoms with van der Waals surface area (Å²) in [6.45, 7) is 0. The van der Waals surface area contributed by atoms with E-state index < -0.39 is 40.2 Å². The fourth-order valence-corrected chi connectivity index (χ4v) is 3.13. The van der Waals surface area contributed by atoms with Crippen molar-refractivity contribution in [3.63, 3.8) is 0 Å². The fraction of sp³-hybridized carbons (Fsp3) is 0.176. The van der Waals surface area contributed by atoms with E-state index in [9.17, 15) is 27.0 Å². The highest BCUT2D eigenvalue weighted by molar-refractivity contribution is 7.84. The molecule has 1 amide bonds. The molecule has 5 nitrogen and oxygen atoms in total. The summed E-state index contributed by atoms with van der Waals surface area (Å²) >= 11 is 0. The Labute approximate surface area is 149 Å². The Hall–Kier alpha value is -2.68. The van der Waals surface area contributed by atoms with Crippen molar-refractivity contribution in [2.75, 3.05) is 11.1 Å². The van der Waals surface area contributed by atoms with E-state index in [0.29, 0.717) is 5.56 Å². The number of nitrogens with one attached hydrogen (secondary N) is 1. The Bertz CT molecular complexity index is 835. The number of carboxylic acids is 1. The quantitative estimate of drug-likeness (QED) is 0.799. The highest BCUT2D eigenvalue weighted by Crippen LogP contribution is 2.30. The lowest BCUT2D eigenvalue weighted by Crippen LogP contribution is -2.20. The van der Waals surface area contributed by atoms with E-state index in [-0.39, 0.29) is 17.0 Å². The minimum absolute atomic E-state index is 0.0237. The van der Waals surface area contributed by atoms with Gasteiger partial charge in [-0.05, 0) is 35.9 Å². The third kappa shape index (κ3) is 5.69.